The molecule has 3 N–H and O–H groups in total. The largest absolute Gasteiger partial charge is 0.366 e. The molecule has 0 aromatic heterocycles. The summed E-state index contributed by atoms with van der Waals surface area (Å²) in [5.74, 6) is 0.616. The van der Waals surface area contributed by atoms with Crippen LogP contribution in [0.2, 0.25) is 0 Å². The van der Waals surface area contributed by atoms with E-state index in [1.165, 1.54) is 18.4 Å². The van der Waals surface area contributed by atoms with Crippen molar-refractivity contribution in [1.29, 1.82) is 0 Å². The van der Waals surface area contributed by atoms with Crippen LogP contribution in [0.3, 0.4) is 0 Å². The van der Waals surface area contributed by atoms with Crippen LogP contribution in [0.15, 0.2) is 48.5 Å². The predicted octanol–water partition coefficient (Wildman–Crippen LogP) is 3.40. The first-order valence-corrected chi connectivity index (χ1v) is 9.98. The molecule has 1 aliphatic heterocycles. The van der Waals surface area contributed by atoms with Crippen molar-refractivity contribution < 1.29 is 9.59 Å². The van der Waals surface area contributed by atoms with E-state index in [-0.39, 0.29) is 18.0 Å². The molecule has 1 saturated carbocycles. The molecule has 5 nitrogen and oxygen atoms in total. The first-order valence-electron chi connectivity index (χ1n) is 9.98. The molecule has 2 amide bonds. The number of anilines is 1. The molecule has 4 rings (SSSR count). The average Bonchev–Trinajstić information content (AvgIpc) is 3.51. The fourth-order valence-corrected chi connectivity index (χ4v) is 4.61. The Morgan fingerprint density at radius 3 is 2.39 bits per heavy atom. The van der Waals surface area contributed by atoms with Crippen molar-refractivity contribution >= 4 is 17.5 Å². The van der Waals surface area contributed by atoms with Gasteiger partial charge in [-0.2, -0.15) is 0 Å². The third kappa shape index (κ3) is 3.42. The molecule has 2 aliphatic rings. The summed E-state index contributed by atoms with van der Waals surface area (Å²) < 4.78 is 0. The Balaban J connectivity index is 1.61. The molecule has 2 aromatic rings. The number of hydrogen-bond acceptors (Lipinski definition) is 3. The maximum Gasteiger partial charge on any atom is 0.248 e. The number of fused-ring (bicyclic) bond motifs is 1. The number of nitrogens with zero attached hydrogens (tertiary/aromatic N) is 1. The van der Waals surface area contributed by atoms with Gasteiger partial charge in [-0.3, -0.25) is 9.59 Å². The fraction of sp³-hybridized carbons (Fsp3) is 0.391. The number of carbonyl (C=O) groups is 2. The number of amides is 2. The zero-order valence-corrected chi connectivity index (χ0v) is 16.4. The van der Waals surface area contributed by atoms with E-state index in [4.69, 9.17) is 5.73 Å². The molecule has 1 heterocycles. The summed E-state index contributed by atoms with van der Waals surface area (Å²) in [5.41, 5.74) is 9.16. The lowest BCUT2D eigenvalue weighted by Crippen LogP contribution is -2.52. The van der Waals surface area contributed by atoms with Crippen molar-refractivity contribution in [2.45, 2.75) is 45.3 Å². The first-order chi connectivity index (χ1) is 13.5. The van der Waals surface area contributed by atoms with Gasteiger partial charge in [0, 0.05) is 36.8 Å². The molecule has 0 saturated heterocycles. The number of rotatable bonds is 5. The highest BCUT2D eigenvalue weighted by Gasteiger charge is 2.47. The molecule has 0 spiro atoms. The summed E-state index contributed by atoms with van der Waals surface area (Å²) in [7, 11) is 0. The van der Waals surface area contributed by atoms with Gasteiger partial charge >= 0.3 is 0 Å². The molecule has 1 aliphatic carbocycles. The van der Waals surface area contributed by atoms with E-state index in [1.807, 2.05) is 29.2 Å². The Labute approximate surface area is 165 Å². The van der Waals surface area contributed by atoms with Crippen LogP contribution in [0.5, 0.6) is 0 Å². The van der Waals surface area contributed by atoms with Crippen LogP contribution in [0.4, 0.5) is 5.69 Å². The third-order valence-corrected chi connectivity index (χ3v) is 6.10. The van der Waals surface area contributed by atoms with Crippen LogP contribution in [0, 0.1) is 11.8 Å². The number of nitrogens with two attached hydrogens (primary N) is 1. The lowest BCUT2D eigenvalue weighted by Gasteiger charge is -2.45. The smallest absolute Gasteiger partial charge is 0.248 e. The quantitative estimate of drug-likeness (QED) is 0.839. The molecule has 1 fully saturated rings. The van der Waals surface area contributed by atoms with Crippen molar-refractivity contribution in [3.8, 4) is 0 Å². The van der Waals surface area contributed by atoms with E-state index >= 15 is 0 Å². The maximum absolute atomic E-state index is 12.5. The zero-order valence-electron chi connectivity index (χ0n) is 16.4. The van der Waals surface area contributed by atoms with Crippen LogP contribution < -0.4 is 16.0 Å². The van der Waals surface area contributed by atoms with E-state index in [1.54, 1.807) is 19.1 Å². The van der Waals surface area contributed by atoms with E-state index in [0.717, 1.165) is 11.3 Å². The van der Waals surface area contributed by atoms with E-state index in [2.05, 4.69) is 24.4 Å². The average molecular weight is 377 g/mol. The Morgan fingerprint density at radius 1 is 1.11 bits per heavy atom. The second-order valence-electron chi connectivity index (χ2n) is 8.05. The minimum Gasteiger partial charge on any atom is -0.366 e. The number of nitrogens with one attached hydrogen (secondary N) is 1. The Morgan fingerprint density at radius 2 is 1.79 bits per heavy atom. The molecule has 146 valence electrons. The van der Waals surface area contributed by atoms with E-state index in [9.17, 15) is 9.59 Å². The molecule has 0 radical (unpaired) electrons. The maximum atomic E-state index is 12.5. The van der Waals surface area contributed by atoms with Gasteiger partial charge in [0.25, 0.3) is 0 Å². The monoisotopic (exact) mass is 377 g/mol. The highest BCUT2D eigenvalue weighted by molar-refractivity contribution is 5.94. The van der Waals surface area contributed by atoms with Crippen molar-refractivity contribution in [2.24, 2.45) is 17.6 Å². The Bertz CT molecular complexity index is 889. The summed E-state index contributed by atoms with van der Waals surface area (Å²) in [6.45, 7) is 4.62. The van der Waals surface area contributed by atoms with Crippen molar-refractivity contribution in [2.75, 3.05) is 4.90 Å². The van der Waals surface area contributed by atoms with Gasteiger partial charge in [0.1, 0.15) is 0 Å². The fourth-order valence-electron chi connectivity index (χ4n) is 4.61. The van der Waals surface area contributed by atoms with Crippen LogP contribution in [0.25, 0.3) is 0 Å². The van der Waals surface area contributed by atoms with Gasteiger partial charge in [-0.05, 0) is 54.0 Å². The van der Waals surface area contributed by atoms with Gasteiger partial charge in [0.2, 0.25) is 11.8 Å². The van der Waals surface area contributed by atoms with E-state index < -0.39 is 5.91 Å². The highest BCUT2D eigenvalue weighted by Crippen LogP contribution is 2.49. The van der Waals surface area contributed by atoms with Crippen LogP contribution >= 0.6 is 0 Å². The van der Waals surface area contributed by atoms with Gasteiger partial charge in [0.05, 0.1) is 0 Å². The summed E-state index contributed by atoms with van der Waals surface area (Å²) in [5, 5.41) is 3.71. The number of benzene rings is 2. The Kier molecular flexibility index (Phi) is 4.94. The SMILES string of the molecule is CC(=O)N1c2ccccc2C(NCc2ccc(C(N)=O)cc2)C(C)C1C1CC1. The number of hydrogen-bond donors (Lipinski definition) is 2. The lowest BCUT2D eigenvalue weighted by molar-refractivity contribution is -0.117. The van der Waals surface area contributed by atoms with Gasteiger partial charge in [-0.15, -0.1) is 0 Å². The van der Waals surface area contributed by atoms with E-state index in [0.29, 0.717) is 23.9 Å². The molecule has 3 atom stereocenters. The number of primary amides is 1. The first kappa shape index (κ1) is 18.7. The van der Waals surface area contributed by atoms with Crippen LogP contribution in [-0.4, -0.2) is 17.9 Å². The van der Waals surface area contributed by atoms with Crippen LogP contribution in [0.1, 0.15) is 54.2 Å². The topological polar surface area (TPSA) is 75.4 Å². The standard InChI is InChI=1S/C23H27N3O2/c1-14-21(25-13-16-7-9-18(10-8-16)23(24)28)19-5-3-4-6-20(19)26(15(2)27)22(14)17-11-12-17/h3-10,14,17,21-22,25H,11-13H2,1-2H3,(H2,24,28). The van der Waals surface area contributed by atoms with Gasteiger partial charge in [-0.1, -0.05) is 37.3 Å². The minimum absolute atomic E-state index is 0.122. The highest BCUT2D eigenvalue weighted by atomic mass is 16.2. The Hall–Kier alpha value is -2.66. The summed E-state index contributed by atoms with van der Waals surface area (Å²) >= 11 is 0. The summed E-state index contributed by atoms with van der Waals surface area (Å²) in [4.78, 5) is 25.8. The second kappa shape index (κ2) is 7.40. The molecular formula is C23H27N3O2. The van der Waals surface area contributed by atoms with Crippen molar-refractivity contribution in [1.82, 2.24) is 5.32 Å². The van der Waals surface area contributed by atoms with Gasteiger partial charge in [-0.25, -0.2) is 0 Å². The third-order valence-electron chi connectivity index (χ3n) is 6.10. The van der Waals surface area contributed by atoms with Crippen molar-refractivity contribution in [3.05, 3.63) is 65.2 Å². The molecule has 0 bridgehead atoms. The molecular weight excluding hydrogens is 350 g/mol. The number of carbonyl (C=O) groups excluding carboxylic acids is 2. The van der Waals surface area contributed by atoms with Gasteiger partial charge < -0.3 is 16.0 Å². The molecule has 3 unspecified atom stereocenters. The second-order valence-corrected chi connectivity index (χ2v) is 8.05. The summed E-state index contributed by atoms with van der Waals surface area (Å²) in [6.07, 6.45) is 2.39. The normalized spacial score (nSPS) is 23.9. The predicted molar refractivity (Wildman–Crippen MR) is 110 cm³/mol. The molecule has 2 aromatic carbocycles. The van der Waals surface area contributed by atoms with Crippen LogP contribution in [-0.2, 0) is 11.3 Å². The minimum atomic E-state index is -0.411. The number of para-hydroxylation sites is 1. The summed E-state index contributed by atoms with van der Waals surface area (Å²) in [6, 6.07) is 16.1. The van der Waals surface area contributed by atoms with Gasteiger partial charge in [0.15, 0.2) is 0 Å². The van der Waals surface area contributed by atoms with Crippen molar-refractivity contribution in [3.63, 3.8) is 0 Å². The molecule has 5 heteroatoms. The molecule has 28 heavy (non-hydrogen) atoms. The zero-order chi connectivity index (χ0) is 19.8. The lowest BCUT2D eigenvalue weighted by atomic mass is 9.80.